The molecule has 0 unspecified atom stereocenters. The van der Waals surface area contributed by atoms with Gasteiger partial charge in [-0.1, -0.05) is 25.0 Å². The van der Waals surface area contributed by atoms with E-state index in [4.69, 9.17) is 9.47 Å². The van der Waals surface area contributed by atoms with Crippen LogP contribution in [0.1, 0.15) is 92.9 Å². The number of carbonyl (C=O) groups excluding carboxylic acids is 3. The molecular weight excluding hydrogens is 392 g/mol. The van der Waals surface area contributed by atoms with E-state index in [-0.39, 0.29) is 34.7 Å². The van der Waals surface area contributed by atoms with E-state index in [1.165, 1.54) is 25.0 Å². The van der Waals surface area contributed by atoms with E-state index in [2.05, 4.69) is 20.8 Å². The molecule has 3 fully saturated rings. The van der Waals surface area contributed by atoms with Crippen LogP contribution in [0.3, 0.4) is 0 Å². The minimum atomic E-state index is -0.972. The molecule has 0 radical (unpaired) electrons. The highest BCUT2D eigenvalue weighted by molar-refractivity contribution is 5.89. The van der Waals surface area contributed by atoms with Crippen LogP contribution in [0.25, 0.3) is 0 Å². The van der Waals surface area contributed by atoms with Crippen molar-refractivity contribution in [2.24, 2.45) is 28.6 Å². The molecule has 0 amide bonds. The highest BCUT2D eigenvalue weighted by Crippen LogP contribution is 2.68. The second-order valence-electron chi connectivity index (χ2n) is 11.2. The third-order valence-electron chi connectivity index (χ3n) is 9.76. The number of esters is 2. The van der Waals surface area contributed by atoms with Crippen LogP contribution in [0.4, 0.5) is 0 Å². The minimum Gasteiger partial charge on any atom is -0.462 e. The third-order valence-corrected chi connectivity index (χ3v) is 9.76. The van der Waals surface area contributed by atoms with E-state index in [0.717, 1.165) is 44.9 Å². The molecule has 0 aromatic rings. The van der Waals surface area contributed by atoms with Crippen molar-refractivity contribution in [1.82, 2.24) is 0 Å². The summed E-state index contributed by atoms with van der Waals surface area (Å²) in [5.74, 6) is 0.928. The van der Waals surface area contributed by atoms with E-state index >= 15 is 0 Å². The van der Waals surface area contributed by atoms with Gasteiger partial charge in [0.05, 0.1) is 0 Å². The Morgan fingerprint density at radius 1 is 0.871 bits per heavy atom. The molecule has 172 valence electrons. The summed E-state index contributed by atoms with van der Waals surface area (Å²) in [6.45, 7) is 11.4. The normalized spacial score (nSPS) is 44.1. The third kappa shape index (κ3) is 3.21. The van der Waals surface area contributed by atoms with Gasteiger partial charge in [0.1, 0.15) is 6.10 Å². The fraction of sp³-hybridized carbons (Fsp3) is 0.808. The molecule has 5 nitrogen and oxygen atoms in total. The number of hydrogen-bond donors (Lipinski definition) is 0. The van der Waals surface area contributed by atoms with Crippen LogP contribution in [-0.2, 0) is 23.9 Å². The number of ketones is 1. The van der Waals surface area contributed by atoms with Crippen molar-refractivity contribution < 1.29 is 23.9 Å². The molecule has 0 heterocycles. The Labute approximate surface area is 186 Å². The van der Waals surface area contributed by atoms with Gasteiger partial charge in [0.2, 0.25) is 0 Å². The molecule has 0 aromatic carbocycles. The van der Waals surface area contributed by atoms with Gasteiger partial charge < -0.3 is 9.47 Å². The number of hydrogen-bond acceptors (Lipinski definition) is 5. The van der Waals surface area contributed by atoms with Crippen molar-refractivity contribution in [2.75, 3.05) is 0 Å². The summed E-state index contributed by atoms with van der Waals surface area (Å²) in [6.07, 6.45) is 7.43. The Morgan fingerprint density at radius 2 is 1.55 bits per heavy atom. The van der Waals surface area contributed by atoms with Gasteiger partial charge in [-0.15, -0.1) is 0 Å². The molecule has 0 N–H and O–H groups in total. The predicted octanol–water partition coefficient (Wildman–Crippen LogP) is 5.16. The van der Waals surface area contributed by atoms with Gasteiger partial charge >= 0.3 is 11.9 Å². The van der Waals surface area contributed by atoms with Crippen molar-refractivity contribution in [3.05, 3.63) is 11.1 Å². The van der Waals surface area contributed by atoms with Gasteiger partial charge in [-0.2, -0.15) is 0 Å². The monoisotopic (exact) mass is 430 g/mol. The van der Waals surface area contributed by atoms with Crippen LogP contribution < -0.4 is 0 Å². The van der Waals surface area contributed by atoms with E-state index in [0.29, 0.717) is 24.2 Å². The van der Waals surface area contributed by atoms with Crippen LogP contribution in [0, 0.1) is 28.6 Å². The number of ether oxygens (including phenoxy) is 2. The largest absolute Gasteiger partial charge is 0.462 e. The van der Waals surface area contributed by atoms with Gasteiger partial charge in [-0.05, 0) is 82.0 Å². The predicted molar refractivity (Wildman–Crippen MR) is 117 cm³/mol. The van der Waals surface area contributed by atoms with E-state index in [1.807, 2.05) is 0 Å². The average Bonchev–Trinajstić information content (AvgIpc) is 2.96. The van der Waals surface area contributed by atoms with Gasteiger partial charge in [-0.3, -0.25) is 14.4 Å². The molecule has 5 heteroatoms. The van der Waals surface area contributed by atoms with Crippen molar-refractivity contribution in [3.63, 3.8) is 0 Å². The fourth-order valence-corrected chi connectivity index (χ4v) is 8.48. The van der Waals surface area contributed by atoms with Crippen LogP contribution in [0.5, 0.6) is 0 Å². The highest BCUT2D eigenvalue weighted by atomic mass is 16.6. The van der Waals surface area contributed by atoms with E-state index in [9.17, 15) is 14.4 Å². The zero-order valence-corrected chi connectivity index (χ0v) is 20.0. The first kappa shape index (κ1) is 22.5. The summed E-state index contributed by atoms with van der Waals surface area (Å²) < 4.78 is 11.5. The van der Waals surface area contributed by atoms with E-state index in [1.54, 1.807) is 6.92 Å². The number of Topliss-reactive ketones (excluding diaryl/α,β-unsaturated/α-hetero) is 1. The standard InChI is InChI=1S/C26H38O5/c1-15-13-20-21(24(5)10-7-19(14-23(15)24)30-17(3)28)8-11-25(6)22(20)9-12-26(25,16(2)27)31-18(4)29/h19-22H,7-14H2,1-6H3/t19-,20-,21+,22-,24+,25-,26+/m1/s1. The lowest BCUT2D eigenvalue weighted by molar-refractivity contribution is -0.187. The summed E-state index contributed by atoms with van der Waals surface area (Å²) in [7, 11) is 0. The molecule has 4 aliphatic carbocycles. The molecule has 4 rings (SSSR count). The minimum absolute atomic E-state index is 0.00161. The summed E-state index contributed by atoms with van der Waals surface area (Å²) >= 11 is 0. The van der Waals surface area contributed by atoms with Crippen molar-refractivity contribution in [2.45, 2.75) is 105 Å². The Morgan fingerprint density at radius 3 is 2.16 bits per heavy atom. The molecule has 0 bridgehead atoms. The first-order valence-electron chi connectivity index (χ1n) is 12.0. The highest BCUT2D eigenvalue weighted by Gasteiger charge is 2.67. The molecule has 31 heavy (non-hydrogen) atoms. The molecule has 0 saturated heterocycles. The van der Waals surface area contributed by atoms with Crippen LogP contribution >= 0.6 is 0 Å². The Bertz CT molecular complexity index is 843. The number of carbonyl (C=O) groups is 3. The lowest BCUT2D eigenvalue weighted by Gasteiger charge is -2.59. The zero-order valence-electron chi connectivity index (χ0n) is 20.0. The Kier molecular flexibility index (Phi) is 5.42. The van der Waals surface area contributed by atoms with Crippen molar-refractivity contribution >= 4 is 17.7 Å². The van der Waals surface area contributed by atoms with Gasteiger partial charge in [0.25, 0.3) is 0 Å². The van der Waals surface area contributed by atoms with Gasteiger partial charge in [-0.25, -0.2) is 0 Å². The van der Waals surface area contributed by atoms with Crippen LogP contribution in [0.15, 0.2) is 11.1 Å². The van der Waals surface area contributed by atoms with Crippen molar-refractivity contribution in [3.8, 4) is 0 Å². The maximum absolute atomic E-state index is 12.9. The number of allylic oxidation sites excluding steroid dienone is 1. The second-order valence-corrected chi connectivity index (χ2v) is 11.2. The zero-order chi connectivity index (χ0) is 22.8. The lowest BCUT2D eigenvalue weighted by atomic mass is 9.46. The summed E-state index contributed by atoms with van der Waals surface area (Å²) in [6, 6.07) is 0. The Hall–Kier alpha value is -1.65. The number of fused-ring (bicyclic) bond motifs is 5. The fourth-order valence-electron chi connectivity index (χ4n) is 8.48. The maximum Gasteiger partial charge on any atom is 0.303 e. The van der Waals surface area contributed by atoms with Gasteiger partial charge in [0.15, 0.2) is 11.4 Å². The smallest absolute Gasteiger partial charge is 0.303 e. The summed E-state index contributed by atoms with van der Waals surface area (Å²) in [5, 5.41) is 0. The molecule has 3 saturated carbocycles. The quantitative estimate of drug-likeness (QED) is 0.457. The summed E-state index contributed by atoms with van der Waals surface area (Å²) in [5.41, 5.74) is 1.81. The maximum atomic E-state index is 12.9. The number of rotatable bonds is 3. The van der Waals surface area contributed by atoms with Crippen LogP contribution in [-0.4, -0.2) is 29.4 Å². The lowest BCUT2D eigenvalue weighted by Crippen LogP contribution is -2.58. The first-order chi connectivity index (χ1) is 14.4. The van der Waals surface area contributed by atoms with Crippen molar-refractivity contribution in [1.29, 1.82) is 0 Å². The average molecular weight is 431 g/mol. The molecule has 4 aliphatic rings. The SMILES string of the molecule is CC(=O)O[C@@H]1CC[C@]2(C)C(=C(C)C[C@H]3[C@H]4CC[C@](OC(C)=O)(C(C)=O)[C@]4(C)CC[C@@H]32)C1. The second kappa shape index (κ2) is 7.45. The van der Waals surface area contributed by atoms with Crippen LogP contribution in [0.2, 0.25) is 0 Å². The molecule has 0 aliphatic heterocycles. The first-order valence-corrected chi connectivity index (χ1v) is 12.0. The molecular formula is C26H38O5. The molecule has 7 atom stereocenters. The topological polar surface area (TPSA) is 69.7 Å². The van der Waals surface area contributed by atoms with E-state index < -0.39 is 5.60 Å². The van der Waals surface area contributed by atoms with Gasteiger partial charge in [0, 0.05) is 25.7 Å². The molecule has 0 spiro atoms. The summed E-state index contributed by atoms with van der Waals surface area (Å²) in [4.78, 5) is 36.4. The molecule has 0 aromatic heterocycles. The Balaban J connectivity index is 1.68.